The maximum Gasteiger partial charge on any atom is 0.302 e. The molecule has 0 spiro atoms. The third-order valence-electron chi connectivity index (χ3n) is 3.17. The number of carbonyl (C=O) groups excluding carboxylic acids is 1. The molecule has 4 nitrogen and oxygen atoms in total. The summed E-state index contributed by atoms with van der Waals surface area (Å²) in [5.41, 5.74) is 1.48. The molecule has 1 heterocycles. The predicted octanol–water partition coefficient (Wildman–Crippen LogP) is 5.26. The van der Waals surface area contributed by atoms with Crippen LogP contribution >= 0.6 is 46.4 Å². The SMILES string of the molecule is CC(=O)OCCN(Cc1ccccc1)c1c(Cl)c(Cl)nc(Cl)c1Cl. The molecule has 0 aliphatic carbocycles. The highest BCUT2D eigenvalue weighted by molar-refractivity contribution is 6.48. The van der Waals surface area contributed by atoms with Gasteiger partial charge in [-0.2, -0.15) is 0 Å². The van der Waals surface area contributed by atoms with Crippen LogP contribution < -0.4 is 4.90 Å². The van der Waals surface area contributed by atoms with Crippen molar-refractivity contribution in [1.82, 2.24) is 4.98 Å². The molecule has 0 saturated heterocycles. The van der Waals surface area contributed by atoms with Crippen LogP contribution in [0.2, 0.25) is 20.4 Å². The van der Waals surface area contributed by atoms with Crippen molar-refractivity contribution < 1.29 is 9.53 Å². The summed E-state index contributed by atoms with van der Waals surface area (Å²) in [4.78, 5) is 16.8. The summed E-state index contributed by atoms with van der Waals surface area (Å²) in [6.07, 6.45) is 0. The second-order valence-corrected chi connectivity index (χ2v) is 6.39. The maximum absolute atomic E-state index is 11.0. The first-order chi connectivity index (χ1) is 11.4. The number of pyridine rings is 1. The van der Waals surface area contributed by atoms with E-state index in [4.69, 9.17) is 51.1 Å². The van der Waals surface area contributed by atoms with Crippen molar-refractivity contribution in [2.45, 2.75) is 13.5 Å². The lowest BCUT2D eigenvalue weighted by atomic mass is 10.2. The smallest absolute Gasteiger partial charge is 0.302 e. The zero-order chi connectivity index (χ0) is 17.7. The van der Waals surface area contributed by atoms with Crippen LogP contribution in [0.5, 0.6) is 0 Å². The highest BCUT2D eigenvalue weighted by atomic mass is 35.5. The highest BCUT2D eigenvalue weighted by Gasteiger charge is 2.21. The molecule has 24 heavy (non-hydrogen) atoms. The highest BCUT2D eigenvalue weighted by Crippen LogP contribution is 2.41. The van der Waals surface area contributed by atoms with Crippen LogP contribution in [0, 0.1) is 0 Å². The van der Waals surface area contributed by atoms with Gasteiger partial charge in [-0.1, -0.05) is 76.7 Å². The van der Waals surface area contributed by atoms with Crippen molar-refractivity contribution in [2.24, 2.45) is 0 Å². The summed E-state index contributed by atoms with van der Waals surface area (Å²) in [7, 11) is 0. The molecule has 2 rings (SSSR count). The van der Waals surface area contributed by atoms with Gasteiger partial charge in [0.2, 0.25) is 0 Å². The van der Waals surface area contributed by atoms with Crippen molar-refractivity contribution in [3.63, 3.8) is 0 Å². The van der Waals surface area contributed by atoms with Gasteiger partial charge in [0.05, 0.1) is 12.2 Å². The van der Waals surface area contributed by atoms with Crippen LogP contribution in [-0.2, 0) is 16.1 Å². The van der Waals surface area contributed by atoms with Crippen molar-refractivity contribution in [2.75, 3.05) is 18.1 Å². The number of hydrogen-bond donors (Lipinski definition) is 0. The van der Waals surface area contributed by atoms with Gasteiger partial charge in [-0.15, -0.1) is 0 Å². The van der Waals surface area contributed by atoms with Crippen molar-refractivity contribution in [3.8, 4) is 0 Å². The number of anilines is 1. The molecular formula is C16H14Cl4N2O2. The first kappa shape index (κ1) is 19.1. The summed E-state index contributed by atoms with van der Waals surface area (Å²) in [6.45, 7) is 2.37. The zero-order valence-corrected chi connectivity index (χ0v) is 15.8. The zero-order valence-electron chi connectivity index (χ0n) is 12.7. The van der Waals surface area contributed by atoms with E-state index in [9.17, 15) is 4.79 Å². The lowest BCUT2D eigenvalue weighted by molar-refractivity contribution is -0.140. The Morgan fingerprint density at radius 3 is 2.21 bits per heavy atom. The summed E-state index contributed by atoms with van der Waals surface area (Å²) < 4.78 is 5.02. The standard InChI is InChI=1S/C16H14Cl4N2O2/c1-10(23)24-8-7-22(9-11-5-3-2-4-6-11)14-12(17)15(19)21-16(20)13(14)18/h2-6H,7-9H2,1H3. The quantitative estimate of drug-likeness (QED) is 0.483. The molecule has 0 unspecified atom stereocenters. The number of hydrogen-bond acceptors (Lipinski definition) is 4. The van der Waals surface area contributed by atoms with Crippen LogP contribution in [0.1, 0.15) is 12.5 Å². The summed E-state index contributed by atoms with van der Waals surface area (Å²) in [5, 5.41) is 0.521. The summed E-state index contributed by atoms with van der Waals surface area (Å²) in [6, 6.07) is 9.70. The average molecular weight is 408 g/mol. The topological polar surface area (TPSA) is 42.4 Å². The number of ether oxygens (including phenoxy) is 1. The lowest BCUT2D eigenvalue weighted by Crippen LogP contribution is -2.28. The number of benzene rings is 1. The van der Waals surface area contributed by atoms with E-state index in [0.717, 1.165) is 5.56 Å². The molecule has 1 aromatic carbocycles. The van der Waals surface area contributed by atoms with E-state index in [1.54, 1.807) is 0 Å². The van der Waals surface area contributed by atoms with Crippen molar-refractivity contribution >= 4 is 58.1 Å². The number of esters is 1. The Balaban J connectivity index is 2.36. The Morgan fingerprint density at radius 1 is 1.08 bits per heavy atom. The molecule has 0 aliphatic heterocycles. The summed E-state index contributed by atoms with van der Waals surface area (Å²) in [5.74, 6) is -0.363. The molecule has 0 fully saturated rings. The Morgan fingerprint density at radius 2 is 1.67 bits per heavy atom. The van der Waals surface area contributed by atoms with E-state index in [0.29, 0.717) is 18.8 Å². The molecule has 0 N–H and O–H groups in total. The second kappa shape index (κ2) is 8.77. The van der Waals surface area contributed by atoms with Gasteiger partial charge in [0.15, 0.2) is 10.3 Å². The first-order valence-electron chi connectivity index (χ1n) is 7.02. The maximum atomic E-state index is 11.0. The fourth-order valence-corrected chi connectivity index (χ4v) is 3.08. The van der Waals surface area contributed by atoms with Crippen LogP contribution in [-0.4, -0.2) is 24.1 Å². The van der Waals surface area contributed by atoms with Gasteiger partial charge in [-0.25, -0.2) is 4.98 Å². The second-order valence-electron chi connectivity index (χ2n) is 4.92. The minimum absolute atomic E-state index is 0.0617. The Kier molecular flexibility index (Phi) is 6.99. The average Bonchev–Trinajstić information content (AvgIpc) is 2.53. The third kappa shape index (κ3) is 4.90. The number of rotatable bonds is 6. The Bertz CT molecular complexity index is 700. The van der Waals surface area contributed by atoms with Crippen molar-refractivity contribution in [1.29, 1.82) is 0 Å². The summed E-state index contributed by atoms with van der Waals surface area (Å²) >= 11 is 24.6. The third-order valence-corrected chi connectivity index (χ3v) is 4.63. The number of halogens is 4. The molecule has 8 heteroatoms. The van der Waals surface area contributed by atoms with E-state index < -0.39 is 0 Å². The van der Waals surface area contributed by atoms with E-state index in [-0.39, 0.29) is 32.9 Å². The van der Waals surface area contributed by atoms with Gasteiger partial charge in [-0.05, 0) is 5.56 Å². The van der Waals surface area contributed by atoms with Gasteiger partial charge in [-0.3, -0.25) is 4.79 Å². The monoisotopic (exact) mass is 406 g/mol. The van der Waals surface area contributed by atoms with Crippen LogP contribution in [0.3, 0.4) is 0 Å². The minimum Gasteiger partial charge on any atom is -0.464 e. The predicted molar refractivity (Wildman–Crippen MR) is 98.4 cm³/mol. The fraction of sp³-hybridized carbons (Fsp3) is 0.250. The molecule has 0 atom stereocenters. The Hall–Kier alpha value is -1.20. The number of aromatic nitrogens is 1. The van der Waals surface area contributed by atoms with Gasteiger partial charge >= 0.3 is 5.97 Å². The Labute approximate surface area is 160 Å². The van der Waals surface area contributed by atoms with Crippen LogP contribution in [0.25, 0.3) is 0 Å². The molecule has 0 aliphatic rings. The molecular weight excluding hydrogens is 394 g/mol. The molecule has 0 bridgehead atoms. The fourth-order valence-electron chi connectivity index (χ4n) is 2.13. The van der Waals surface area contributed by atoms with E-state index in [1.165, 1.54) is 6.92 Å². The molecule has 2 aromatic rings. The molecule has 128 valence electrons. The molecule has 0 saturated carbocycles. The normalized spacial score (nSPS) is 10.5. The van der Waals surface area contributed by atoms with E-state index in [1.807, 2.05) is 35.2 Å². The number of nitrogens with zero attached hydrogens (tertiary/aromatic N) is 2. The molecule has 0 amide bonds. The number of carbonyl (C=O) groups is 1. The van der Waals surface area contributed by atoms with E-state index in [2.05, 4.69) is 4.98 Å². The molecule has 0 radical (unpaired) electrons. The van der Waals surface area contributed by atoms with Gasteiger partial charge in [0, 0.05) is 13.5 Å². The van der Waals surface area contributed by atoms with E-state index >= 15 is 0 Å². The first-order valence-corrected chi connectivity index (χ1v) is 8.53. The van der Waals surface area contributed by atoms with Gasteiger partial charge < -0.3 is 9.64 Å². The van der Waals surface area contributed by atoms with Crippen LogP contribution in [0.15, 0.2) is 30.3 Å². The lowest BCUT2D eigenvalue weighted by Gasteiger charge is -2.27. The van der Waals surface area contributed by atoms with Crippen LogP contribution in [0.4, 0.5) is 5.69 Å². The molecule has 1 aromatic heterocycles. The van der Waals surface area contributed by atoms with Crippen molar-refractivity contribution in [3.05, 3.63) is 56.2 Å². The van der Waals surface area contributed by atoms with Gasteiger partial charge in [0.25, 0.3) is 0 Å². The largest absolute Gasteiger partial charge is 0.464 e. The minimum atomic E-state index is -0.363. The van der Waals surface area contributed by atoms with Gasteiger partial charge in [0.1, 0.15) is 16.7 Å².